The Morgan fingerprint density at radius 2 is 2.00 bits per heavy atom. The fourth-order valence-electron chi connectivity index (χ4n) is 3.40. The highest BCUT2D eigenvalue weighted by Gasteiger charge is 2.34. The number of piperidine rings is 1. The van der Waals surface area contributed by atoms with Crippen LogP contribution in [0.3, 0.4) is 0 Å². The summed E-state index contributed by atoms with van der Waals surface area (Å²) >= 11 is 0. The number of carbonyl (C=O) groups is 2. The second-order valence-corrected chi connectivity index (χ2v) is 7.84. The average Bonchev–Trinajstić information content (AvgIpc) is 2.70. The van der Waals surface area contributed by atoms with Crippen molar-refractivity contribution in [2.75, 3.05) is 13.1 Å². The number of rotatable bonds is 10. The minimum atomic E-state index is -0.825. The molecule has 1 saturated heterocycles. The minimum absolute atomic E-state index is 0.0121. The zero-order valence-corrected chi connectivity index (χ0v) is 17.6. The van der Waals surface area contributed by atoms with Crippen molar-refractivity contribution in [2.24, 2.45) is 22.2 Å². The first kappa shape index (κ1) is 23.6. The molecule has 0 radical (unpaired) electrons. The van der Waals surface area contributed by atoms with Gasteiger partial charge < -0.3 is 27.3 Å². The normalized spacial score (nSPS) is 20.6. The van der Waals surface area contributed by atoms with E-state index in [1.807, 2.05) is 37.3 Å². The van der Waals surface area contributed by atoms with Crippen LogP contribution in [0, 0.1) is 0 Å². The zero-order chi connectivity index (χ0) is 22.0. The van der Waals surface area contributed by atoms with Crippen LogP contribution in [0.5, 0.6) is 0 Å². The highest BCUT2D eigenvalue weighted by atomic mass is 16.6. The summed E-state index contributed by atoms with van der Waals surface area (Å²) in [5.74, 6) is -0.900. The number of carbonyl (C=O) groups excluding carboxylic acids is 2. The van der Waals surface area contributed by atoms with Crippen LogP contribution in [0.1, 0.15) is 44.6 Å². The van der Waals surface area contributed by atoms with Gasteiger partial charge in [-0.2, -0.15) is 0 Å². The van der Waals surface area contributed by atoms with Gasteiger partial charge in [0.25, 0.3) is 0 Å². The maximum Gasteiger partial charge on any atom is 0.330 e. The van der Waals surface area contributed by atoms with E-state index in [9.17, 15) is 9.59 Å². The maximum atomic E-state index is 12.9. The molecule has 9 heteroatoms. The molecule has 1 heterocycles. The van der Waals surface area contributed by atoms with Gasteiger partial charge in [-0.25, -0.2) is 4.79 Å². The second-order valence-electron chi connectivity index (χ2n) is 7.84. The molecule has 1 aromatic carbocycles. The number of nitrogens with two attached hydrogens (primary N) is 3. The van der Waals surface area contributed by atoms with Crippen molar-refractivity contribution >= 4 is 17.8 Å². The number of nitrogens with one attached hydrogen (secondary N) is 2. The first-order chi connectivity index (χ1) is 14.3. The van der Waals surface area contributed by atoms with Gasteiger partial charge >= 0.3 is 5.97 Å². The molecule has 0 aliphatic carbocycles. The summed E-state index contributed by atoms with van der Waals surface area (Å²) in [7, 11) is 0. The molecule has 3 atom stereocenters. The van der Waals surface area contributed by atoms with E-state index < -0.39 is 29.7 Å². The molecule has 1 fully saturated rings. The Bertz CT molecular complexity index is 715. The predicted octanol–water partition coefficient (Wildman–Crippen LogP) is 0.128. The largest absolute Gasteiger partial charge is 0.443 e. The van der Waals surface area contributed by atoms with Crippen LogP contribution in [0.15, 0.2) is 35.3 Å². The Hall–Kier alpha value is -2.65. The fourth-order valence-corrected chi connectivity index (χ4v) is 3.40. The Kier molecular flexibility index (Phi) is 9.07. The first-order valence-electron chi connectivity index (χ1n) is 10.4. The Morgan fingerprint density at radius 3 is 2.63 bits per heavy atom. The zero-order valence-electron chi connectivity index (χ0n) is 17.6. The van der Waals surface area contributed by atoms with E-state index in [0.29, 0.717) is 25.8 Å². The van der Waals surface area contributed by atoms with Crippen molar-refractivity contribution in [3.63, 3.8) is 0 Å². The molecule has 0 bridgehead atoms. The van der Waals surface area contributed by atoms with E-state index in [1.54, 1.807) is 0 Å². The fraction of sp³-hybridized carbons (Fsp3) is 0.571. The SMILES string of the molecule is CC1(OC(=O)[C@H](CCCN=C(N)N)NC(=O)[C@@H](N)Cc2ccccc2)CCCCN1. The molecule has 30 heavy (non-hydrogen) atoms. The van der Waals surface area contributed by atoms with E-state index in [0.717, 1.165) is 31.4 Å². The van der Waals surface area contributed by atoms with Gasteiger partial charge in [-0.15, -0.1) is 0 Å². The van der Waals surface area contributed by atoms with Crippen molar-refractivity contribution in [1.82, 2.24) is 10.6 Å². The summed E-state index contributed by atoms with van der Waals surface area (Å²) in [4.78, 5) is 29.4. The molecule has 0 aromatic heterocycles. The molecule has 9 nitrogen and oxygen atoms in total. The molecule has 1 aliphatic heterocycles. The van der Waals surface area contributed by atoms with Crippen LogP contribution in [-0.2, 0) is 20.7 Å². The Labute approximate surface area is 177 Å². The lowest BCUT2D eigenvalue weighted by molar-refractivity contribution is -0.167. The van der Waals surface area contributed by atoms with Gasteiger partial charge in [0.2, 0.25) is 5.91 Å². The third kappa shape index (κ3) is 8.00. The molecule has 1 amide bonds. The predicted molar refractivity (Wildman–Crippen MR) is 116 cm³/mol. The minimum Gasteiger partial charge on any atom is -0.443 e. The van der Waals surface area contributed by atoms with Gasteiger partial charge in [0.1, 0.15) is 6.04 Å². The average molecular weight is 419 g/mol. The quantitative estimate of drug-likeness (QED) is 0.156. The van der Waals surface area contributed by atoms with Gasteiger partial charge in [0, 0.05) is 13.0 Å². The van der Waals surface area contributed by atoms with E-state index in [1.165, 1.54) is 0 Å². The molecule has 166 valence electrons. The summed E-state index contributed by atoms with van der Waals surface area (Å²) in [6.07, 6.45) is 3.97. The number of esters is 1. The van der Waals surface area contributed by atoms with E-state index >= 15 is 0 Å². The third-order valence-electron chi connectivity index (χ3n) is 5.09. The van der Waals surface area contributed by atoms with E-state index in [4.69, 9.17) is 21.9 Å². The van der Waals surface area contributed by atoms with Gasteiger partial charge in [-0.1, -0.05) is 30.3 Å². The lowest BCUT2D eigenvalue weighted by Crippen LogP contribution is -2.54. The number of hydrogen-bond donors (Lipinski definition) is 5. The monoisotopic (exact) mass is 418 g/mol. The van der Waals surface area contributed by atoms with Gasteiger partial charge in [0.15, 0.2) is 11.7 Å². The number of benzene rings is 1. The summed E-state index contributed by atoms with van der Waals surface area (Å²) in [6.45, 7) is 2.99. The Morgan fingerprint density at radius 1 is 1.27 bits per heavy atom. The standard InChI is InChI=1S/C21H34N6O3/c1-21(11-5-6-13-26-21)30-19(29)17(10-7-12-25-20(23)24)27-18(28)16(22)14-15-8-3-2-4-9-15/h2-4,8-9,16-17,26H,5-7,10-14,22H2,1H3,(H,27,28)(H4,23,24,25)/t16-,17-,21?/m0/s1. The third-order valence-corrected chi connectivity index (χ3v) is 5.09. The number of amides is 1. The van der Waals surface area contributed by atoms with Crippen molar-refractivity contribution < 1.29 is 14.3 Å². The van der Waals surface area contributed by atoms with E-state index in [-0.39, 0.29) is 5.96 Å². The molecule has 8 N–H and O–H groups in total. The van der Waals surface area contributed by atoms with Crippen molar-refractivity contribution in [1.29, 1.82) is 0 Å². The molecule has 1 aromatic rings. The van der Waals surface area contributed by atoms with E-state index in [2.05, 4.69) is 15.6 Å². The van der Waals surface area contributed by atoms with Crippen LogP contribution < -0.4 is 27.8 Å². The molecule has 2 rings (SSSR count). The second kappa shape index (κ2) is 11.5. The van der Waals surface area contributed by atoms with Gasteiger partial charge in [0.05, 0.1) is 6.04 Å². The van der Waals surface area contributed by atoms with Gasteiger partial charge in [-0.3, -0.25) is 15.1 Å². The summed E-state index contributed by atoms with van der Waals surface area (Å²) in [5.41, 5.74) is 17.0. The number of guanidine groups is 1. The topological polar surface area (TPSA) is 158 Å². The molecule has 0 spiro atoms. The van der Waals surface area contributed by atoms with Crippen LogP contribution in [0.4, 0.5) is 0 Å². The smallest absolute Gasteiger partial charge is 0.330 e. The van der Waals surface area contributed by atoms with Crippen LogP contribution in [0.2, 0.25) is 0 Å². The molecule has 1 aliphatic rings. The molecular formula is C21H34N6O3. The van der Waals surface area contributed by atoms with Crippen LogP contribution >= 0.6 is 0 Å². The Balaban J connectivity index is 1.99. The number of aliphatic imine (C=N–C) groups is 1. The first-order valence-corrected chi connectivity index (χ1v) is 10.4. The highest BCUT2D eigenvalue weighted by Crippen LogP contribution is 2.21. The van der Waals surface area contributed by atoms with Gasteiger partial charge in [-0.05, 0) is 51.1 Å². The van der Waals surface area contributed by atoms with Crippen LogP contribution in [0.25, 0.3) is 0 Å². The lowest BCUT2D eigenvalue weighted by Gasteiger charge is -2.35. The summed E-state index contributed by atoms with van der Waals surface area (Å²) in [5, 5.41) is 5.99. The molecular weight excluding hydrogens is 384 g/mol. The van der Waals surface area contributed by atoms with Crippen molar-refractivity contribution in [3.8, 4) is 0 Å². The molecule has 1 unspecified atom stereocenters. The number of hydrogen-bond acceptors (Lipinski definition) is 6. The number of nitrogens with zero attached hydrogens (tertiary/aromatic N) is 1. The van der Waals surface area contributed by atoms with Crippen molar-refractivity contribution in [2.45, 2.75) is 63.3 Å². The molecule has 0 saturated carbocycles. The lowest BCUT2D eigenvalue weighted by atomic mass is 10.0. The maximum absolute atomic E-state index is 12.9. The number of ether oxygens (including phenoxy) is 1. The summed E-state index contributed by atoms with van der Waals surface area (Å²) < 4.78 is 5.73. The summed E-state index contributed by atoms with van der Waals surface area (Å²) in [6, 6.07) is 7.90. The van der Waals surface area contributed by atoms with Crippen LogP contribution in [-0.4, -0.2) is 48.7 Å². The highest BCUT2D eigenvalue weighted by molar-refractivity contribution is 5.87. The van der Waals surface area contributed by atoms with Crippen molar-refractivity contribution in [3.05, 3.63) is 35.9 Å².